The van der Waals surface area contributed by atoms with Gasteiger partial charge in [-0.15, -0.1) is 0 Å². The Labute approximate surface area is 154 Å². The number of nitrogens with zero attached hydrogens (tertiary/aromatic N) is 4. The molecule has 6 nitrogen and oxygen atoms in total. The van der Waals surface area contributed by atoms with Crippen LogP contribution in [-0.2, 0) is 16.2 Å². The van der Waals surface area contributed by atoms with Crippen molar-refractivity contribution in [1.29, 1.82) is 5.26 Å². The molecule has 0 N–H and O–H groups in total. The lowest BCUT2D eigenvalue weighted by Crippen LogP contribution is -2.48. The number of piperazine rings is 1. The molecule has 0 radical (unpaired) electrons. The minimum atomic E-state index is -4.45. The SMILES string of the molecule is N#Cc1ccc(S(=O)(=O)N2CCN(c3ccc(C(F)(F)F)cn3)CC2)cc1. The van der Waals surface area contributed by atoms with E-state index < -0.39 is 21.8 Å². The lowest BCUT2D eigenvalue weighted by molar-refractivity contribution is -0.137. The summed E-state index contributed by atoms with van der Waals surface area (Å²) in [5.41, 5.74) is -0.458. The third kappa shape index (κ3) is 4.04. The zero-order chi connectivity index (χ0) is 19.7. The van der Waals surface area contributed by atoms with Gasteiger partial charge in [-0.3, -0.25) is 0 Å². The van der Waals surface area contributed by atoms with Crippen LogP contribution in [0.25, 0.3) is 0 Å². The van der Waals surface area contributed by atoms with Crippen LogP contribution in [0.4, 0.5) is 19.0 Å². The molecule has 0 amide bonds. The minimum absolute atomic E-state index is 0.0996. The van der Waals surface area contributed by atoms with Crippen molar-refractivity contribution in [3.8, 4) is 6.07 Å². The maximum absolute atomic E-state index is 12.7. The summed E-state index contributed by atoms with van der Waals surface area (Å²) < 4.78 is 64.5. The van der Waals surface area contributed by atoms with E-state index >= 15 is 0 Å². The lowest BCUT2D eigenvalue weighted by atomic mass is 10.2. The Kier molecular flexibility index (Phi) is 5.08. The van der Waals surface area contributed by atoms with Gasteiger partial charge in [-0.25, -0.2) is 13.4 Å². The summed E-state index contributed by atoms with van der Waals surface area (Å²) in [6.07, 6.45) is -3.67. The summed E-state index contributed by atoms with van der Waals surface area (Å²) >= 11 is 0. The van der Waals surface area contributed by atoms with Gasteiger partial charge in [-0.05, 0) is 36.4 Å². The van der Waals surface area contributed by atoms with Crippen molar-refractivity contribution in [1.82, 2.24) is 9.29 Å². The van der Waals surface area contributed by atoms with Gasteiger partial charge in [0.15, 0.2) is 0 Å². The van der Waals surface area contributed by atoms with Gasteiger partial charge in [-0.1, -0.05) is 0 Å². The molecule has 1 aromatic carbocycles. The number of rotatable bonds is 3. The molecule has 3 rings (SSSR count). The van der Waals surface area contributed by atoms with Crippen molar-refractivity contribution in [2.24, 2.45) is 0 Å². The first kappa shape index (κ1) is 19.1. The van der Waals surface area contributed by atoms with E-state index in [1.54, 1.807) is 4.90 Å². The minimum Gasteiger partial charge on any atom is -0.354 e. The number of hydrogen-bond donors (Lipinski definition) is 0. The molecule has 10 heteroatoms. The second-order valence-electron chi connectivity index (χ2n) is 5.93. The highest BCUT2D eigenvalue weighted by atomic mass is 32.2. The van der Waals surface area contributed by atoms with Gasteiger partial charge in [0.05, 0.1) is 22.1 Å². The highest BCUT2D eigenvalue weighted by Crippen LogP contribution is 2.29. The van der Waals surface area contributed by atoms with E-state index in [0.29, 0.717) is 24.5 Å². The molecule has 1 saturated heterocycles. The fourth-order valence-corrected chi connectivity index (χ4v) is 4.17. The van der Waals surface area contributed by atoms with Crippen molar-refractivity contribution in [2.75, 3.05) is 31.1 Å². The predicted octanol–water partition coefficient (Wildman–Crippen LogP) is 2.48. The molecular weight excluding hydrogens is 381 g/mol. The number of halogens is 3. The van der Waals surface area contributed by atoms with E-state index in [0.717, 1.165) is 12.3 Å². The number of sulfonamides is 1. The molecule has 1 aromatic heterocycles. The first-order chi connectivity index (χ1) is 12.7. The zero-order valence-corrected chi connectivity index (χ0v) is 14.8. The van der Waals surface area contributed by atoms with Crippen LogP contribution in [0.5, 0.6) is 0 Å². The molecule has 0 atom stereocenters. The van der Waals surface area contributed by atoms with Gasteiger partial charge < -0.3 is 4.90 Å². The summed E-state index contributed by atoms with van der Waals surface area (Å²) in [5.74, 6) is 0.374. The van der Waals surface area contributed by atoms with Crippen LogP contribution >= 0.6 is 0 Å². The number of nitriles is 1. The Morgan fingerprint density at radius 1 is 1.00 bits per heavy atom. The summed E-state index contributed by atoms with van der Waals surface area (Å²) in [6, 6.07) is 9.83. The average Bonchev–Trinajstić information content (AvgIpc) is 2.67. The highest BCUT2D eigenvalue weighted by Gasteiger charge is 2.32. The molecule has 0 unspecified atom stereocenters. The summed E-state index contributed by atoms with van der Waals surface area (Å²) in [6.45, 7) is 0.998. The van der Waals surface area contributed by atoms with Crippen LogP contribution in [0.2, 0.25) is 0 Å². The normalized spacial score (nSPS) is 16.1. The Morgan fingerprint density at radius 2 is 1.63 bits per heavy atom. The molecular formula is C17H15F3N4O2S. The number of benzene rings is 1. The zero-order valence-electron chi connectivity index (χ0n) is 14.0. The predicted molar refractivity (Wildman–Crippen MR) is 91.4 cm³/mol. The van der Waals surface area contributed by atoms with Gasteiger partial charge in [0.2, 0.25) is 10.0 Å². The molecule has 0 saturated carbocycles. The highest BCUT2D eigenvalue weighted by molar-refractivity contribution is 7.89. The van der Waals surface area contributed by atoms with Crippen LogP contribution < -0.4 is 4.90 Å². The number of pyridine rings is 1. The fourth-order valence-electron chi connectivity index (χ4n) is 2.75. The number of anilines is 1. The molecule has 0 aliphatic carbocycles. The lowest BCUT2D eigenvalue weighted by Gasteiger charge is -2.34. The van der Waals surface area contributed by atoms with E-state index in [1.165, 1.54) is 34.6 Å². The number of alkyl halides is 3. The van der Waals surface area contributed by atoms with E-state index in [2.05, 4.69) is 4.98 Å². The molecule has 1 aliphatic heterocycles. The second kappa shape index (κ2) is 7.17. The fraction of sp³-hybridized carbons (Fsp3) is 0.294. The molecule has 0 bridgehead atoms. The van der Waals surface area contributed by atoms with Crippen molar-refractivity contribution >= 4 is 15.8 Å². The standard InChI is InChI=1S/C17H15F3N4O2S/c18-17(19,20)14-3-6-16(22-12-14)23-7-9-24(10-8-23)27(25,26)15-4-1-13(11-21)2-5-15/h1-6,12H,7-10H2. The van der Waals surface area contributed by atoms with Gasteiger partial charge >= 0.3 is 6.18 Å². The van der Waals surface area contributed by atoms with Crippen LogP contribution in [0.3, 0.4) is 0 Å². The molecule has 2 heterocycles. The van der Waals surface area contributed by atoms with Crippen molar-refractivity contribution in [3.05, 3.63) is 53.7 Å². The Hall–Kier alpha value is -2.64. The molecule has 2 aromatic rings. The van der Waals surface area contributed by atoms with Crippen molar-refractivity contribution in [2.45, 2.75) is 11.1 Å². The van der Waals surface area contributed by atoms with E-state index in [-0.39, 0.29) is 18.0 Å². The van der Waals surface area contributed by atoms with Crippen LogP contribution in [-0.4, -0.2) is 43.9 Å². The average molecular weight is 396 g/mol. The number of hydrogen-bond acceptors (Lipinski definition) is 5. The van der Waals surface area contributed by atoms with Crippen LogP contribution in [0, 0.1) is 11.3 Å². The summed E-state index contributed by atoms with van der Waals surface area (Å²) in [7, 11) is -3.69. The maximum atomic E-state index is 12.7. The van der Waals surface area contributed by atoms with Crippen molar-refractivity contribution < 1.29 is 21.6 Å². The van der Waals surface area contributed by atoms with E-state index in [1.807, 2.05) is 6.07 Å². The van der Waals surface area contributed by atoms with Crippen molar-refractivity contribution in [3.63, 3.8) is 0 Å². The molecule has 0 spiro atoms. The smallest absolute Gasteiger partial charge is 0.354 e. The first-order valence-corrected chi connectivity index (χ1v) is 9.44. The molecule has 27 heavy (non-hydrogen) atoms. The van der Waals surface area contributed by atoms with Crippen LogP contribution in [0.15, 0.2) is 47.5 Å². The maximum Gasteiger partial charge on any atom is 0.417 e. The van der Waals surface area contributed by atoms with Gasteiger partial charge in [0.1, 0.15) is 5.82 Å². The first-order valence-electron chi connectivity index (χ1n) is 8.00. The third-order valence-electron chi connectivity index (χ3n) is 4.26. The van der Waals surface area contributed by atoms with E-state index in [9.17, 15) is 21.6 Å². The quantitative estimate of drug-likeness (QED) is 0.797. The largest absolute Gasteiger partial charge is 0.417 e. The number of aromatic nitrogens is 1. The topological polar surface area (TPSA) is 77.3 Å². The molecule has 142 valence electrons. The Morgan fingerprint density at radius 3 is 2.11 bits per heavy atom. The Bertz CT molecular complexity index is 944. The van der Waals surface area contributed by atoms with Crippen LogP contribution in [0.1, 0.15) is 11.1 Å². The third-order valence-corrected chi connectivity index (χ3v) is 6.17. The van der Waals surface area contributed by atoms with Gasteiger partial charge in [0, 0.05) is 32.4 Å². The Balaban J connectivity index is 1.68. The molecule has 1 aliphatic rings. The second-order valence-corrected chi connectivity index (χ2v) is 7.87. The summed E-state index contributed by atoms with van der Waals surface area (Å²) in [4.78, 5) is 5.68. The van der Waals surface area contributed by atoms with Gasteiger partial charge in [0.25, 0.3) is 0 Å². The monoisotopic (exact) mass is 396 g/mol. The van der Waals surface area contributed by atoms with Gasteiger partial charge in [-0.2, -0.15) is 22.7 Å². The molecule has 1 fully saturated rings. The van der Waals surface area contributed by atoms with E-state index in [4.69, 9.17) is 5.26 Å². The summed E-state index contributed by atoms with van der Waals surface area (Å²) in [5, 5.41) is 8.80.